The Morgan fingerprint density at radius 2 is 1.94 bits per heavy atom. The zero-order valence-electron chi connectivity index (χ0n) is 20.0. The number of sulfone groups is 1. The molecule has 0 N–H and O–H groups in total. The lowest BCUT2D eigenvalue weighted by Crippen LogP contribution is -2.25. The van der Waals surface area contributed by atoms with Gasteiger partial charge in [0.1, 0.15) is 10.7 Å². The Labute approximate surface area is 195 Å². The molecule has 8 nitrogen and oxygen atoms in total. The summed E-state index contributed by atoms with van der Waals surface area (Å²) in [6.45, 7) is 10.1. The van der Waals surface area contributed by atoms with E-state index in [1.807, 2.05) is 6.07 Å². The summed E-state index contributed by atoms with van der Waals surface area (Å²) < 4.78 is 41.1. The Hall–Kier alpha value is -2.23. The van der Waals surface area contributed by atoms with Gasteiger partial charge in [0.25, 0.3) is 0 Å². The van der Waals surface area contributed by atoms with Crippen molar-refractivity contribution in [2.75, 3.05) is 26.9 Å². The van der Waals surface area contributed by atoms with Gasteiger partial charge in [0.15, 0.2) is 0 Å². The van der Waals surface area contributed by atoms with E-state index in [1.165, 1.54) is 6.20 Å². The molecule has 1 fully saturated rings. The SMILES string of the molecule is COCCCn1cc(S(=O)(=O)c2ccc3c(c2)nc(C(C)(C)C)n3CC2CCOCC2)cn1. The van der Waals surface area contributed by atoms with Crippen molar-refractivity contribution in [2.24, 2.45) is 5.92 Å². The van der Waals surface area contributed by atoms with Crippen molar-refractivity contribution in [1.29, 1.82) is 0 Å². The monoisotopic (exact) mass is 474 g/mol. The molecule has 0 bridgehead atoms. The van der Waals surface area contributed by atoms with Crippen molar-refractivity contribution in [3.63, 3.8) is 0 Å². The normalized spacial score (nSPS) is 16.0. The van der Waals surface area contributed by atoms with Gasteiger partial charge < -0.3 is 14.0 Å². The predicted molar refractivity (Wildman–Crippen MR) is 126 cm³/mol. The topological polar surface area (TPSA) is 88.2 Å². The molecule has 1 saturated heterocycles. The van der Waals surface area contributed by atoms with Gasteiger partial charge in [0.2, 0.25) is 9.84 Å². The number of methoxy groups -OCH3 is 1. The Bertz CT molecular complexity index is 1200. The van der Waals surface area contributed by atoms with Crippen molar-refractivity contribution in [3.05, 3.63) is 36.4 Å². The molecule has 0 spiro atoms. The number of fused-ring (bicyclic) bond motifs is 1. The smallest absolute Gasteiger partial charge is 0.209 e. The van der Waals surface area contributed by atoms with Crippen LogP contribution in [0.1, 0.15) is 45.9 Å². The summed E-state index contributed by atoms with van der Waals surface area (Å²) in [6, 6.07) is 5.28. The molecule has 0 aliphatic carbocycles. The standard InChI is InChI=1S/C24H34N4O4S/c1-24(2,3)23-26-21-14-19(6-7-22(21)28(23)16-18-8-12-32-13-9-18)33(29,30)20-15-25-27(17-20)10-5-11-31-4/h6-7,14-15,17-18H,5,8-13,16H2,1-4H3. The van der Waals surface area contributed by atoms with Crippen molar-refractivity contribution in [2.45, 2.75) is 68.3 Å². The maximum Gasteiger partial charge on any atom is 0.209 e. The average molecular weight is 475 g/mol. The van der Waals surface area contributed by atoms with Crippen LogP contribution in [0.4, 0.5) is 0 Å². The maximum atomic E-state index is 13.3. The number of ether oxygens (including phenoxy) is 2. The summed E-state index contributed by atoms with van der Waals surface area (Å²) in [5.41, 5.74) is 1.52. The largest absolute Gasteiger partial charge is 0.385 e. The minimum Gasteiger partial charge on any atom is -0.385 e. The van der Waals surface area contributed by atoms with Crippen molar-refractivity contribution in [1.82, 2.24) is 19.3 Å². The Morgan fingerprint density at radius 3 is 2.64 bits per heavy atom. The summed E-state index contributed by atoms with van der Waals surface area (Å²) in [6.07, 6.45) is 5.83. The van der Waals surface area contributed by atoms with Gasteiger partial charge in [-0.3, -0.25) is 4.68 Å². The lowest BCUT2D eigenvalue weighted by Gasteiger charge is -2.26. The fourth-order valence-corrected chi connectivity index (χ4v) is 5.57. The number of aryl methyl sites for hydroxylation is 1. The highest BCUT2D eigenvalue weighted by Gasteiger charge is 2.27. The van der Waals surface area contributed by atoms with Gasteiger partial charge in [-0.05, 0) is 43.4 Å². The van der Waals surface area contributed by atoms with E-state index in [0.717, 1.165) is 50.4 Å². The number of hydrogen-bond acceptors (Lipinski definition) is 6. The number of nitrogens with zero attached hydrogens (tertiary/aromatic N) is 4. The molecule has 4 rings (SSSR count). The molecule has 33 heavy (non-hydrogen) atoms. The summed E-state index contributed by atoms with van der Waals surface area (Å²) >= 11 is 0. The first kappa shape index (κ1) is 23.9. The van der Waals surface area contributed by atoms with Crippen LogP contribution >= 0.6 is 0 Å². The minimum atomic E-state index is -3.69. The third-order valence-electron chi connectivity index (χ3n) is 6.14. The van der Waals surface area contributed by atoms with E-state index in [0.29, 0.717) is 24.6 Å². The maximum absolute atomic E-state index is 13.3. The van der Waals surface area contributed by atoms with E-state index in [4.69, 9.17) is 14.5 Å². The van der Waals surface area contributed by atoms with E-state index in [1.54, 1.807) is 30.1 Å². The second kappa shape index (κ2) is 9.56. The molecule has 0 atom stereocenters. The van der Waals surface area contributed by atoms with Gasteiger partial charge >= 0.3 is 0 Å². The lowest BCUT2D eigenvalue weighted by molar-refractivity contribution is 0.0611. The van der Waals surface area contributed by atoms with E-state index < -0.39 is 9.84 Å². The van der Waals surface area contributed by atoms with Crippen LogP contribution in [0.2, 0.25) is 0 Å². The highest BCUT2D eigenvalue weighted by atomic mass is 32.2. The second-order valence-electron chi connectivity index (χ2n) is 9.79. The van der Waals surface area contributed by atoms with Crippen LogP contribution in [0, 0.1) is 5.92 Å². The summed E-state index contributed by atoms with van der Waals surface area (Å²) in [4.78, 5) is 5.34. The first-order valence-corrected chi connectivity index (χ1v) is 13.0. The van der Waals surface area contributed by atoms with Crippen molar-refractivity contribution >= 4 is 20.9 Å². The fraction of sp³-hybridized carbons (Fsp3) is 0.583. The number of imidazole rings is 1. The van der Waals surface area contributed by atoms with Crippen LogP contribution in [0.25, 0.3) is 11.0 Å². The van der Waals surface area contributed by atoms with E-state index >= 15 is 0 Å². The summed E-state index contributed by atoms with van der Waals surface area (Å²) in [5, 5.41) is 4.21. The van der Waals surface area contributed by atoms with Gasteiger partial charge in [0.05, 0.1) is 22.1 Å². The fourth-order valence-electron chi connectivity index (χ4n) is 4.33. The molecule has 0 saturated carbocycles. The third-order valence-corrected chi connectivity index (χ3v) is 7.84. The number of rotatable bonds is 8. The summed E-state index contributed by atoms with van der Waals surface area (Å²) in [5.74, 6) is 1.51. The van der Waals surface area contributed by atoms with E-state index in [2.05, 4.69) is 30.4 Å². The van der Waals surface area contributed by atoms with Crippen LogP contribution in [0.5, 0.6) is 0 Å². The molecule has 9 heteroatoms. The Balaban J connectivity index is 1.67. The molecule has 1 aromatic carbocycles. The van der Waals surface area contributed by atoms with Crippen LogP contribution < -0.4 is 0 Å². The van der Waals surface area contributed by atoms with Gasteiger partial charge in [-0.25, -0.2) is 13.4 Å². The van der Waals surface area contributed by atoms with Gasteiger partial charge in [-0.15, -0.1) is 0 Å². The first-order valence-electron chi connectivity index (χ1n) is 11.5. The van der Waals surface area contributed by atoms with Gasteiger partial charge in [-0.2, -0.15) is 5.10 Å². The zero-order valence-corrected chi connectivity index (χ0v) is 20.8. The molecule has 3 aromatic rings. The highest BCUT2D eigenvalue weighted by molar-refractivity contribution is 7.91. The van der Waals surface area contributed by atoms with Gasteiger partial charge in [-0.1, -0.05) is 20.8 Å². The molecule has 1 aliphatic rings. The number of aromatic nitrogens is 4. The molecule has 2 aromatic heterocycles. The molecule has 0 amide bonds. The van der Waals surface area contributed by atoms with Crippen molar-refractivity contribution in [3.8, 4) is 0 Å². The zero-order chi connectivity index (χ0) is 23.6. The predicted octanol–water partition coefficient (Wildman–Crippen LogP) is 3.83. The van der Waals surface area contributed by atoms with Crippen LogP contribution in [-0.4, -0.2) is 54.7 Å². The van der Waals surface area contributed by atoms with E-state index in [9.17, 15) is 8.42 Å². The second-order valence-corrected chi connectivity index (χ2v) is 11.7. The van der Waals surface area contributed by atoms with Crippen LogP contribution in [0.3, 0.4) is 0 Å². The molecule has 0 radical (unpaired) electrons. The molecular formula is C24H34N4O4S. The molecule has 3 heterocycles. The Morgan fingerprint density at radius 1 is 1.18 bits per heavy atom. The highest BCUT2D eigenvalue weighted by Crippen LogP contribution is 2.31. The van der Waals surface area contributed by atoms with Crippen molar-refractivity contribution < 1.29 is 17.9 Å². The number of hydrogen-bond donors (Lipinski definition) is 0. The van der Waals surface area contributed by atoms with Crippen LogP contribution in [0.15, 0.2) is 40.4 Å². The molecule has 0 unspecified atom stereocenters. The number of benzene rings is 1. The van der Waals surface area contributed by atoms with E-state index in [-0.39, 0.29) is 15.2 Å². The Kier molecular flexibility index (Phi) is 6.93. The first-order chi connectivity index (χ1) is 15.7. The lowest BCUT2D eigenvalue weighted by atomic mass is 9.94. The quantitative estimate of drug-likeness (QED) is 0.461. The minimum absolute atomic E-state index is 0.160. The van der Waals surface area contributed by atoms with Crippen LogP contribution in [-0.2, 0) is 37.8 Å². The average Bonchev–Trinajstić information content (AvgIpc) is 3.40. The molecule has 180 valence electrons. The molecule has 1 aliphatic heterocycles. The summed E-state index contributed by atoms with van der Waals surface area (Å²) in [7, 11) is -2.04. The third kappa shape index (κ3) is 5.15. The molecular weight excluding hydrogens is 440 g/mol. The van der Waals surface area contributed by atoms with Gasteiger partial charge in [0, 0.05) is 51.6 Å².